The molecule has 0 saturated carbocycles. The van der Waals surface area contributed by atoms with Gasteiger partial charge in [-0.1, -0.05) is 41.0 Å². The average molecular weight is 383 g/mol. The SMILES string of the molecule is Cc1ccccc1/C(=N/O)c1ccc(Nc2ncccc2[N+](=O)[O-])cc1Cl. The van der Waals surface area contributed by atoms with Gasteiger partial charge < -0.3 is 10.5 Å². The van der Waals surface area contributed by atoms with Crippen LogP contribution in [0.15, 0.2) is 65.9 Å². The summed E-state index contributed by atoms with van der Waals surface area (Å²) < 4.78 is 0. The Balaban J connectivity index is 1.95. The van der Waals surface area contributed by atoms with Crippen LogP contribution in [0.3, 0.4) is 0 Å². The topological polar surface area (TPSA) is 101 Å². The first-order valence-corrected chi connectivity index (χ1v) is 8.33. The van der Waals surface area contributed by atoms with Gasteiger partial charge in [0.1, 0.15) is 5.71 Å². The Kier molecular flexibility index (Phi) is 5.33. The van der Waals surface area contributed by atoms with E-state index in [0.717, 1.165) is 11.1 Å². The summed E-state index contributed by atoms with van der Waals surface area (Å²) in [7, 11) is 0. The van der Waals surface area contributed by atoms with E-state index in [0.29, 0.717) is 22.0 Å². The van der Waals surface area contributed by atoms with Crippen molar-refractivity contribution in [2.24, 2.45) is 5.16 Å². The smallest absolute Gasteiger partial charge is 0.311 e. The van der Waals surface area contributed by atoms with E-state index < -0.39 is 4.92 Å². The predicted octanol–water partition coefficient (Wildman–Crippen LogP) is 4.92. The van der Waals surface area contributed by atoms with Crippen LogP contribution >= 0.6 is 11.6 Å². The van der Waals surface area contributed by atoms with Crippen molar-refractivity contribution in [3.05, 3.63) is 92.6 Å². The number of anilines is 2. The van der Waals surface area contributed by atoms with Gasteiger partial charge in [0.15, 0.2) is 0 Å². The Morgan fingerprint density at radius 1 is 1.19 bits per heavy atom. The Bertz CT molecular complexity index is 1040. The maximum atomic E-state index is 11.1. The molecule has 0 aliphatic carbocycles. The van der Waals surface area contributed by atoms with Gasteiger partial charge in [0.05, 0.1) is 9.95 Å². The molecule has 7 nitrogen and oxygen atoms in total. The number of hydrogen-bond donors (Lipinski definition) is 2. The molecule has 0 bridgehead atoms. The third-order valence-corrected chi connectivity index (χ3v) is 4.28. The summed E-state index contributed by atoms with van der Waals surface area (Å²) in [6.45, 7) is 1.91. The van der Waals surface area contributed by atoms with Crippen LogP contribution in [-0.4, -0.2) is 20.8 Å². The van der Waals surface area contributed by atoms with Gasteiger partial charge in [-0.05, 0) is 36.8 Å². The van der Waals surface area contributed by atoms with Crippen molar-refractivity contribution >= 4 is 34.5 Å². The van der Waals surface area contributed by atoms with Gasteiger partial charge in [-0.3, -0.25) is 10.1 Å². The third kappa shape index (κ3) is 3.88. The molecule has 0 aliphatic rings. The zero-order valence-electron chi connectivity index (χ0n) is 14.3. The molecule has 0 fully saturated rings. The summed E-state index contributed by atoms with van der Waals surface area (Å²) in [5, 5.41) is 27.2. The van der Waals surface area contributed by atoms with E-state index in [1.807, 2.05) is 31.2 Å². The van der Waals surface area contributed by atoms with Gasteiger partial charge >= 0.3 is 5.69 Å². The number of nitro groups is 1. The number of aryl methyl sites for hydroxylation is 1. The number of benzene rings is 2. The van der Waals surface area contributed by atoms with Crippen molar-refractivity contribution in [3.63, 3.8) is 0 Å². The fourth-order valence-corrected chi connectivity index (χ4v) is 2.92. The molecule has 0 aliphatic heterocycles. The van der Waals surface area contributed by atoms with Crippen LogP contribution in [0, 0.1) is 17.0 Å². The van der Waals surface area contributed by atoms with Crippen molar-refractivity contribution in [3.8, 4) is 0 Å². The van der Waals surface area contributed by atoms with E-state index in [-0.39, 0.29) is 11.5 Å². The van der Waals surface area contributed by atoms with E-state index in [1.165, 1.54) is 18.3 Å². The normalized spacial score (nSPS) is 11.3. The molecular weight excluding hydrogens is 368 g/mol. The lowest BCUT2D eigenvalue weighted by molar-refractivity contribution is -0.384. The summed E-state index contributed by atoms with van der Waals surface area (Å²) in [4.78, 5) is 14.6. The number of aromatic nitrogens is 1. The highest BCUT2D eigenvalue weighted by Gasteiger charge is 2.17. The van der Waals surface area contributed by atoms with Crippen LogP contribution < -0.4 is 5.32 Å². The quantitative estimate of drug-likeness (QED) is 0.282. The number of nitrogens with one attached hydrogen (secondary N) is 1. The lowest BCUT2D eigenvalue weighted by Gasteiger charge is -2.12. The zero-order chi connectivity index (χ0) is 19.4. The first kappa shape index (κ1) is 18.3. The molecule has 1 heterocycles. The van der Waals surface area contributed by atoms with Crippen LogP contribution in [0.2, 0.25) is 5.02 Å². The molecule has 8 heteroatoms. The van der Waals surface area contributed by atoms with Crippen molar-refractivity contribution in [2.75, 3.05) is 5.32 Å². The van der Waals surface area contributed by atoms with Gasteiger partial charge in [0.25, 0.3) is 0 Å². The number of pyridine rings is 1. The zero-order valence-corrected chi connectivity index (χ0v) is 15.0. The maximum absolute atomic E-state index is 11.1. The van der Waals surface area contributed by atoms with E-state index in [4.69, 9.17) is 11.6 Å². The summed E-state index contributed by atoms with van der Waals surface area (Å²) in [5.41, 5.74) is 2.95. The molecule has 27 heavy (non-hydrogen) atoms. The van der Waals surface area contributed by atoms with Crippen LogP contribution in [0.25, 0.3) is 0 Å². The Morgan fingerprint density at radius 3 is 2.63 bits per heavy atom. The molecular formula is C19H15ClN4O3. The van der Waals surface area contributed by atoms with Crippen LogP contribution in [0.5, 0.6) is 0 Å². The molecule has 0 unspecified atom stereocenters. The van der Waals surface area contributed by atoms with Gasteiger partial charge in [-0.25, -0.2) is 4.98 Å². The number of rotatable bonds is 5. The predicted molar refractivity (Wildman–Crippen MR) is 104 cm³/mol. The molecule has 3 rings (SSSR count). The van der Waals surface area contributed by atoms with Crippen molar-refractivity contribution in [1.82, 2.24) is 4.98 Å². The standard InChI is InChI=1S/C19H15ClN4O3/c1-12-5-2-3-6-14(12)18(23-25)15-9-8-13(11-16(15)20)22-19-17(24(26)27)7-4-10-21-19/h2-11,25H,1H3,(H,21,22)/b23-18-. The first-order valence-electron chi connectivity index (χ1n) is 7.95. The number of hydrogen-bond acceptors (Lipinski definition) is 6. The second-order valence-corrected chi connectivity index (χ2v) is 6.12. The van der Waals surface area contributed by atoms with Crippen LogP contribution in [-0.2, 0) is 0 Å². The first-order chi connectivity index (χ1) is 13.0. The molecule has 0 atom stereocenters. The van der Waals surface area contributed by atoms with Crippen molar-refractivity contribution < 1.29 is 10.1 Å². The Labute approximate surface area is 160 Å². The Hall–Kier alpha value is -3.45. The number of nitrogens with zero attached hydrogens (tertiary/aromatic N) is 3. The largest absolute Gasteiger partial charge is 0.410 e. The minimum absolute atomic E-state index is 0.112. The molecule has 0 saturated heterocycles. The van der Waals surface area contributed by atoms with Gasteiger partial charge in [-0.2, -0.15) is 0 Å². The fourth-order valence-electron chi connectivity index (χ4n) is 2.65. The van der Waals surface area contributed by atoms with E-state index >= 15 is 0 Å². The Morgan fingerprint density at radius 2 is 1.96 bits per heavy atom. The van der Waals surface area contributed by atoms with E-state index in [9.17, 15) is 15.3 Å². The van der Waals surface area contributed by atoms with Gasteiger partial charge in [0.2, 0.25) is 5.82 Å². The second-order valence-electron chi connectivity index (χ2n) is 5.71. The molecule has 3 aromatic rings. The summed E-state index contributed by atoms with van der Waals surface area (Å²) in [5.74, 6) is 0.112. The molecule has 0 amide bonds. The highest BCUT2D eigenvalue weighted by Crippen LogP contribution is 2.29. The minimum atomic E-state index is -0.514. The van der Waals surface area contributed by atoms with Crippen LogP contribution in [0.1, 0.15) is 16.7 Å². The fraction of sp³-hybridized carbons (Fsp3) is 0.0526. The highest BCUT2D eigenvalue weighted by molar-refractivity contribution is 6.35. The van der Waals surface area contributed by atoms with Gasteiger partial charge in [-0.15, -0.1) is 0 Å². The monoisotopic (exact) mass is 382 g/mol. The molecule has 0 spiro atoms. The highest BCUT2D eigenvalue weighted by atomic mass is 35.5. The molecule has 2 N–H and O–H groups in total. The summed E-state index contributed by atoms with van der Waals surface area (Å²) >= 11 is 6.39. The molecule has 136 valence electrons. The maximum Gasteiger partial charge on any atom is 0.311 e. The van der Waals surface area contributed by atoms with Crippen molar-refractivity contribution in [1.29, 1.82) is 0 Å². The van der Waals surface area contributed by atoms with Crippen LogP contribution in [0.4, 0.5) is 17.2 Å². The summed E-state index contributed by atoms with van der Waals surface area (Å²) in [6.07, 6.45) is 1.46. The lowest BCUT2D eigenvalue weighted by Crippen LogP contribution is -2.07. The van der Waals surface area contributed by atoms with E-state index in [1.54, 1.807) is 18.2 Å². The number of oxime groups is 1. The van der Waals surface area contributed by atoms with E-state index in [2.05, 4.69) is 15.5 Å². The number of halogens is 1. The summed E-state index contributed by atoms with van der Waals surface area (Å²) in [6, 6.07) is 15.3. The van der Waals surface area contributed by atoms with Crippen molar-refractivity contribution in [2.45, 2.75) is 6.92 Å². The second kappa shape index (κ2) is 7.84. The molecule has 0 radical (unpaired) electrons. The van der Waals surface area contributed by atoms with Gasteiger partial charge in [0, 0.05) is 29.1 Å². The average Bonchev–Trinajstić information content (AvgIpc) is 2.65. The molecule has 1 aromatic heterocycles. The molecule has 2 aromatic carbocycles. The third-order valence-electron chi connectivity index (χ3n) is 3.97. The minimum Gasteiger partial charge on any atom is -0.410 e. The lowest BCUT2D eigenvalue weighted by atomic mass is 9.98.